The highest BCUT2D eigenvalue weighted by atomic mass is 16.5. The first-order valence-electron chi connectivity index (χ1n) is 9.42. The molecule has 0 fully saturated rings. The molecule has 1 aliphatic rings. The summed E-state index contributed by atoms with van der Waals surface area (Å²) in [5.74, 6) is -0.629. The molecule has 2 N–H and O–H groups in total. The predicted molar refractivity (Wildman–Crippen MR) is 114 cm³/mol. The van der Waals surface area contributed by atoms with Gasteiger partial charge in [0.1, 0.15) is 0 Å². The van der Waals surface area contributed by atoms with E-state index in [1.54, 1.807) is 25.1 Å². The van der Waals surface area contributed by atoms with E-state index in [1.807, 2.05) is 60.7 Å². The SMILES string of the molecule is CCOC(=O)c1ccc2c(c1)NC(=O)/C2=C(\Nc1ccccc1)c1ccccc1. The van der Waals surface area contributed by atoms with Crippen LogP contribution < -0.4 is 10.6 Å². The largest absolute Gasteiger partial charge is 0.462 e. The Balaban J connectivity index is 1.84. The number of para-hydroxylation sites is 1. The maximum Gasteiger partial charge on any atom is 0.338 e. The van der Waals surface area contributed by atoms with E-state index in [9.17, 15) is 9.59 Å². The third-order valence-corrected chi connectivity index (χ3v) is 4.63. The molecule has 1 heterocycles. The molecule has 0 spiro atoms. The maximum absolute atomic E-state index is 12.9. The Hall–Kier alpha value is -3.86. The Kier molecular flexibility index (Phi) is 5.12. The molecule has 0 unspecified atom stereocenters. The Morgan fingerprint density at radius 3 is 2.31 bits per heavy atom. The second-order valence-electron chi connectivity index (χ2n) is 6.54. The number of esters is 1. The van der Waals surface area contributed by atoms with Crippen LogP contribution in [0.4, 0.5) is 11.4 Å². The summed E-state index contributed by atoms with van der Waals surface area (Å²) in [5, 5.41) is 6.27. The number of amides is 1. The normalized spacial score (nSPS) is 14.0. The van der Waals surface area contributed by atoms with Gasteiger partial charge in [-0.2, -0.15) is 0 Å². The molecular formula is C24H20N2O3. The first-order chi connectivity index (χ1) is 14.2. The summed E-state index contributed by atoms with van der Waals surface area (Å²) < 4.78 is 5.06. The van der Waals surface area contributed by atoms with Gasteiger partial charge in [-0.3, -0.25) is 4.79 Å². The van der Waals surface area contributed by atoms with E-state index < -0.39 is 5.97 Å². The molecule has 0 saturated carbocycles. The maximum atomic E-state index is 12.9. The van der Waals surface area contributed by atoms with E-state index in [2.05, 4.69) is 10.6 Å². The standard InChI is InChI=1S/C24H20N2O3/c1-2-29-24(28)17-13-14-19-20(15-17)26-23(27)21(19)22(16-9-5-3-6-10-16)25-18-11-7-4-8-12-18/h3-15,25H,2H2,1H3,(H,26,27)/b22-21-. The molecule has 0 bridgehead atoms. The molecule has 3 aromatic carbocycles. The lowest BCUT2D eigenvalue weighted by atomic mass is 9.99. The second kappa shape index (κ2) is 8.02. The highest BCUT2D eigenvalue weighted by Gasteiger charge is 2.29. The number of hydrogen-bond donors (Lipinski definition) is 2. The van der Waals surface area contributed by atoms with E-state index in [4.69, 9.17) is 4.74 Å². The molecule has 0 aromatic heterocycles. The Morgan fingerprint density at radius 2 is 1.62 bits per heavy atom. The van der Waals surface area contributed by atoms with E-state index in [0.29, 0.717) is 29.1 Å². The topological polar surface area (TPSA) is 67.4 Å². The van der Waals surface area contributed by atoms with Gasteiger partial charge in [-0.1, -0.05) is 54.6 Å². The molecule has 5 nitrogen and oxygen atoms in total. The first-order valence-corrected chi connectivity index (χ1v) is 9.42. The lowest BCUT2D eigenvalue weighted by molar-refractivity contribution is -0.110. The van der Waals surface area contributed by atoms with E-state index in [0.717, 1.165) is 16.8 Å². The third-order valence-electron chi connectivity index (χ3n) is 4.63. The molecule has 29 heavy (non-hydrogen) atoms. The summed E-state index contributed by atoms with van der Waals surface area (Å²) in [6.07, 6.45) is 0. The van der Waals surface area contributed by atoms with Gasteiger partial charge in [0.15, 0.2) is 0 Å². The van der Waals surface area contributed by atoms with Crippen molar-refractivity contribution in [3.05, 3.63) is 95.6 Å². The summed E-state index contributed by atoms with van der Waals surface area (Å²) in [6.45, 7) is 2.06. The molecule has 1 amide bonds. The molecule has 3 aromatic rings. The van der Waals surface area contributed by atoms with Crippen molar-refractivity contribution in [1.82, 2.24) is 0 Å². The lowest BCUT2D eigenvalue weighted by Crippen LogP contribution is -2.10. The molecular weight excluding hydrogens is 364 g/mol. The van der Waals surface area contributed by atoms with Gasteiger partial charge in [0.25, 0.3) is 5.91 Å². The van der Waals surface area contributed by atoms with Gasteiger partial charge in [0.05, 0.1) is 29.1 Å². The number of fused-ring (bicyclic) bond motifs is 1. The van der Waals surface area contributed by atoms with Crippen molar-refractivity contribution in [2.75, 3.05) is 17.2 Å². The van der Waals surface area contributed by atoms with Crippen molar-refractivity contribution in [2.45, 2.75) is 6.92 Å². The van der Waals surface area contributed by atoms with Crippen LogP contribution >= 0.6 is 0 Å². The van der Waals surface area contributed by atoms with Crippen LogP contribution in [0.15, 0.2) is 78.9 Å². The van der Waals surface area contributed by atoms with Gasteiger partial charge in [-0.25, -0.2) is 4.79 Å². The molecule has 0 saturated heterocycles. The number of hydrogen-bond acceptors (Lipinski definition) is 4. The van der Waals surface area contributed by atoms with Gasteiger partial charge in [-0.15, -0.1) is 0 Å². The molecule has 0 aliphatic carbocycles. The van der Waals surface area contributed by atoms with Crippen LogP contribution in [-0.2, 0) is 9.53 Å². The van der Waals surface area contributed by atoms with Gasteiger partial charge in [0.2, 0.25) is 0 Å². The van der Waals surface area contributed by atoms with Crippen LogP contribution in [0.1, 0.15) is 28.4 Å². The fourth-order valence-corrected chi connectivity index (χ4v) is 3.31. The third kappa shape index (κ3) is 3.75. The van der Waals surface area contributed by atoms with Gasteiger partial charge >= 0.3 is 5.97 Å². The van der Waals surface area contributed by atoms with Gasteiger partial charge < -0.3 is 15.4 Å². The highest BCUT2D eigenvalue weighted by Crippen LogP contribution is 2.38. The van der Waals surface area contributed by atoms with E-state index >= 15 is 0 Å². The number of ether oxygens (including phenoxy) is 1. The van der Waals surface area contributed by atoms with Crippen LogP contribution in [0.2, 0.25) is 0 Å². The predicted octanol–water partition coefficient (Wildman–Crippen LogP) is 4.80. The molecule has 5 heteroatoms. The quantitative estimate of drug-likeness (QED) is 0.490. The van der Waals surface area contributed by atoms with Gasteiger partial charge in [-0.05, 0) is 36.8 Å². The Bertz CT molecular complexity index is 1090. The summed E-state index contributed by atoms with van der Waals surface area (Å²) in [5.41, 5.74) is 4.75. The van der Waals surface area contributed by atoms with Gasteiger partial charge in [0, 0.05) is 11.3 Å². The first kappa shape index (κ1) is 18.5. The number of anilines is 2. The fourth-order valence-electron chi connectivity index (χ4n) is 3.31. The van der Waals surface area contributed by atoms with Crippen molar-refractivity contribution in [1.29, 1.82) is 0 Å². The molecule has 144 valence electrons. The number of carbonyl (C=O) groups is 2. The van der Waals surface area contributed by atoms with Crippen LogP contribution in [-0.4, -0.2) is 18.5 Å². The minimum Gasteiger partial charge on any atom is -0.462 e. The molecule has 0 radical (unpaired) electrons. The average molecular weight is 384 g/mol. The van der Waals surface area contributed by atoms with Crippen molar-refractivity contribution < 1.29 is 14.3 Å². The zero-order valence-electron chi connectivity index (χ0n) is 15.9. The Morgan fingerprint density at radius 1 is 0.931 bits per heavy atom. The van der Waals surface area contributed by atoms with Crippen molar-refractivity contribution >= 4 is 34.5 Å². The van der Waals surface area contributed by atoms with Crippen molar-refractivity contribution in [2.24, 2.45) is 0 Å². The zero-order chi connectivity index (χ0) is 20.2. The van der Waals surface area contributed by atoms with Crippen molar-refractivity contribution in [3.8, 4) is 0 Å². The Labute approximate surface area is 169 Å². The number of nitrogens with one attached hydrogen (secondary N) is 2. The minimum absolute atomic E-state index is 0.219. The fraction of sp³-hybridized carbons (Fsp3) is 0.0833. The highest BCUT2D eigenvalue weighted by molar-refractivity contribution is 6.37. The zero-order valence-corrected chi connectivity index (χ0v) is 15.9. The summed E-state index contributed by atoms with van der Waals surface area (Å²) in [6, 6.07) is 24.5. The van der Waals surface area contributed by atoms with E-state index in [-0.39, 0.29) is 5.91 Å². The smallest absolute Gasteiger partial charge is 0.338 e. The monoisotopic (exact) mass is 384 g/mol. The van der Waals surface area contributed by atoms with Crippen molar-refractivity contribution in [3.63, 3.8) is 0 Å². The average Bonchev–Trinajstić information content (AvgIpc) is 3.08. The molecule has 4 rings (SSSR count). The minimum atomic E-state index is -0.410. The lowest BCUT2D eigenvalue weighted by Gasteiger charge is -2.14. The summed E-state index contributed by atoms with van der Waals surface area (Å²) in [4.78, 5) is 25.0. The number of carbonyl (C=O) groups excluding carboxylic acids is 2. The summed E-state index contributed by atoms with van der Waals surface area (Å²) in [7, 11) is 0. The van der Waals surface area contributed by atoms with Crippen LogP contribution in [0.25, 0.3) is 11.3 Å². The summed E-state index contributed by atoms with van der Waals surface area (Å²) >= 11 is 0. The van der Waals surface area contributed by atoms with Crippen LogP contribution in [0.5, 0.6) is 0 Å². The van der Waals surface area contributed by atoms with Crippen LogP contribution in [0.3, 0.4) is 0 Å². The number of benzene rings is 3. The van der Waals surface area contributed by atoms with E-state index in [1.165, 1.54) is 0 Å². The second-order valence-corrected chi connectivity index (χ2v) is 6.54. The molecule has 1 aliphatic heterocycles. The number of rotatable bonds is 5. The molecule has 0 atom stereocenters. The van der Waals surface area contributed by atoms with Crippen LogP contribution in [0, 0.1) is 0 Å².